The van der Waals surface area contributed by atoms with Crippen molar-refractivity contribution in [2.75, 3.05) is 36.4 Å². The minimum absolute atomic E-state index is 0.0452. The van der Waals surface area contributed by atoms with Crippen molar-refractivity contribution in [1.82, 2.24) is 29.2 Å². The Morgan fingerprint density at radius 3 is 2.55 bits per heavy atom. The summed E-state index contributed by atoms with van der Waals surface area (Å²) in [4.78, 5) is 38.4. The first kappa shape index (κ1) is 35.1. The highest BCUT2D eigenvalue weighted by atomic mass is 32.1. The Labute approximate surface area is 306 Å². The minimum Gasteiger partial charge on any atom is -0.444 e. The maximum atomic E-state index is 16.1. The van der Waals surface area contributed by atoms with E-state index in [1.54, 1.807) is 43.8 Å². The van der Waals surface area contributed by atoms with Gasteiger partial charge in [-0.05, 0) is 62.6 Å². The summed E-state index contributed by atoms with van der Waals surface area (Å²) >= 11 is 1.22. The van der Waals surface area contributed by atoms with Crippen LogP contribution in [0.3, 0.4) is 0 Å². The summed E-state index contributed by atoms with van der Waals surface area (Å²) in [6.07, 6.45) is 0.00652. The molecule has 6 heterocycles. The number of hydrogen-bond donors (Lipinski definition) is 1. The van der Waals surface area contributed by atoms with Crippen molar-refractivity contribution in [2.45, 2.75) is 70.6 Å². The van der Waals surface area contributed by atoms with E-state index in [4.69, 9.17) is 9.84 Å². The average molecular weight is 751 g/mol. The van der Waals surface area contributed by atoms with Crippen molar-refractivity contribution in [3.8, 4) is 11.1 Å². The molecule has 4 atom stereocenters. The summed E-state index contributed by atoms with van der Waals surface area (Å²) in [6.45, 7) is 7.96. The second-order valence-corrected chi connectivity index (χ2v) is 16.0. The Balaban J connectivity index is 1.09. The first-order valence-corrected chi connectivity index (χ1v) is 18.3. The predicted octanol–water partition coefficient (Wildman–Crippen LogP) is 7.12. The van der Waals surface area contributed by atoms with Gasteiger partial charge in [-0.2, -0.15) is 5.10 Å². The van der Waals surface area contributed by atoms with Gasteiger partial charge in [0.15, 0.2) is 16.8 Å². The average Bonchev–Trinajstić information content (AvgIpc) is 3.93. The molecule has 3 aromatic heterocycles. The summed E-state index contributed by atoms with van der Waals surface area (Å²) in [6, 6.07) is 7.56. The number of amides is 2. The normalized spacial score (nSPS) is 21.8. The number of nitrogens with one attached hydrogen (secondary N) is 1. The van der Waals surface area contributed by atoms with Gasteiger partial charge >= 0.3 is 6.09 Å². The van der Waals surface area contributed by atoms with E-state index in [0.717, 1.165) is 5.69 Å². The van der Waals surface area contributed by atoms with Crippen LogP contribution >= 0.6 is 11.3 Å². The molecule has 3 aliphatic rings. The molecule has 5 aromatic rings. The van der Waals surface area contributed by atoms with Crippen molar-refractivity contribution in [1.29, 1.82) is 0 Å². The van der Waals surface area contributed by atoms with E-state index in [9.17, 15) is 22.8 Å². The lowest BCUT2D eigenvalue weighted by Gasteiger charge is -2.27. The van der Waals surface area contributed by atoms with Gasteiger partial charge in [-0.15, -0.1) is 11.3 Å². The molecule has 278 valence electrons. The van der Waals surface area contributed by atoms with Crippen molar-refractivity contribution < 1.29 is 31.9 Å². The third kappa shape index (κ3) is 6.40. The van der Waals surface area contributed by atoms with E-state index in [2.05, 4.69) is 15.3 Å². The third-order valence-corrected chi connectivity index (χ3v) is 11.0. The second-order valence-electron chi connectivity index (χ2n) is 15.1. The Morgan fingerprint density at radius 2 is 1.87 bits per heavy atom. The predicted molar refractivity (Wildman–Crippen MR) is 192 cm³/mol. The Hall–Kier alpha value is -4.99. The maximum Gasteiger partial charge on any atom is 0.410 e. The number of rotatable bonds is 7. The molecule has 0 radical (unpaired) electrons. The number of hydrogen-bond acceptors (Lipinski definition) is 8. The summed E-state index contributed by atoms with van der Waals surface area (Å²) in [7, 11) is 0. The molecule has 0 aliphatic carbocycles. The number of aromatic nitrogens is 5. The van der Waals surface area contributed by atoms with Gasteiger partial charge in [0.1, 0.15) is 11.8 Å². The van der Waals surface area contributed by atoms with Gasteiger partial charge in [0.2, 0.25) is 0 Å². The molecule has 8 rings (SSSR count). The lowest BCUT2D eigenvalue weighted by Crippen LogP contribution is -2.40. The van der Waals surface area contributed by atoms with Crippen molar-refractivity contribution in [2.24, 2.45) is 5.92 Å². The number of thiazole rings is 1. The van der Waals surface area contributed by atoms with Crippen LogP contribution in [-0.4, -0.2) is 84.8 Å². The zero-order chi connectivity index (χ0) is 37.4. The maximum absolute atomic E-state index is 16.1. The summed E-state index contributed by atoms with van der Waals surface area (Å²) in [5, 5.41) is 9.72. The van der Waals surface area contributed by atoms with Gasteiger partial charge in [0.05, 0.1) is 37.2 Å². The molecule has 2 fully saturated rings. The van der Waals surface area contributed by atoms with Gasteiger partial charge < -0.3 is 19.1 Å². The van der Waals surface area contributed by atoms with Gasteiger partial charge in [0, 0.05) is 65.5 Å². The van der Waals surface area contributed by atoms with Gasteiger partial charge in [-0.1, -0.05) is 12.1 Å². The van der Waals surface area contributed by atoms with Crippen LogP contribution in [0.4, 0.5) is 33.2 Å². The number of fused-ring (bicyclic) bond motifs is 3. The highest BCUT2D eigenvalue weighted by Gasteiger charge is 2.55. The number of nitrogens with zero attached hydrogens (tertiary/aromatic N) is 7. The quantitative estimate of drug-likeness (QED) is 0.177. The van der Waals surface area contributed by atoms with Gasteiger partial charge in [0.25, 0.3) is 12.3 Å². The number of alkyl halides is 4. The van der Waals surface area contributed by atoms with Crippen molar-refractivity contribution >= 4 is 45.1 Å². The lowest BCUT2D eigenvalue weighted by atomic mass is 9.95. The Morgan fingerprint density at radius 1 is 1.09 bits per heavy atom. The van der Waals surface area contributed by atoms with Crippen LogP contribution in [0.2, 0.25) is 0 Å². The summed E-state index contributed by atoms with van der Waals surface area (Å²) in [5.74, 6) is -0.917. The number of carbonyl (C=O) groups excluding carboxylic acids is 2. The Bertz CT molecular complexity index is 2200. The van der Waals surface area contributed by atoms with Crippen LogP contribution < -0.4 is 10.2 Å². The van der Waals surface area contributed by atoms with Crippen molar-refractivity contribution in [3.05, 3.63) is 76.9 Å². The molecule has 11 nitrogen and oxygen atoms in total. The van der Waals surface area contributed by atoms with Crippen LogP contribution in [0.5, 0.6) is 0 Å². The van der Waals surface area contributed by atoms with Crippen molar-refractivity contribution in [3.63, 3.8) is 0 Å². The number of anilines is 2. The SMILES string of the molecule is Cc1c(-c2ccc(N3C[C@@H]4CN(C(=O)OC(C)(C)C)C[C@@]4(F)C3)cc2)cc(C(F)F)c2cn(C(C(=O)Nc3nccs3)c3ncn4c3C[C@@H](F)C4)nc12. The first-order valence-electron chi connectivity index (χ1n) is 17.4. The van der Waals surface area contributed by atoms with Gasteiger partial charge in [-0.25, -0.2) is 32.3 Å². The standard InChI is InChI=1S/C37H38F4N8O3S/c1-20-25(21-5-7-24(8-6-21)46-13-22-14-47(18-37(22,41)17-46)35(51)52-36(2,3)4)12-26(32(39)40)27-16-49(45-29(20)27)31(33(50)44-34-42-9-10-53-34)30-28-11-23(38)15-48(28)19-43-30/h5-10,12,16,19,22-23,31-32H,11,13-15,17-18H2,1-4H3,(H,42,44,50)/t22-,23-,31?,37+/m1/s1. The summed E-state index contributed by atoms with van der Waals surface area (Å²) < 4.78 is 68.5. The topological polar surface area (TPSA) is 110 Å². The Kier molecular flexibility index (Phi) is 8.50. The van der Waals surface area contributed by atoms with Crippen LogP contribution in [0.25, 0.3) is 22.0 Å². The number of carbonyl (C=O) groups is 2. The van der Waals surface area contributed by atoms with Crippen LogP contribution in [0, 0.1) is 12.8 Å². The van der Waals surface area contributed by atoms with E-state index >= 15 is 4.39 Å². The minimum atomic E-state index is -2.86. The molecule has 0 spiro atoms. The summed E-state index contributed by atoms with van der Waals surface area (Å²) in [5.41, 5.74) is 1.20. The molecule has 0 bridgehead atoms. The molecule has 16 heteroatoms. The van der Waals surface area contributed by atoms with Crippen LogP contribution in [-0.2, 0) is 22.5 Å². The largest absolute Gasteiger partial charge is 0.444 e. The third-order valence-electron chi connectivity index (χ3n) is 10.3. The molecule has 0 saturated carbocycles. The number of imidazole rings is 1. The molecule has 2 aromatic carbocycles. The molecule has 2 saturated heterocycles. The van der Waals surface area contributed by atoms with Gasteiger partial charge in [-0.3, -0.25) is 14.8 Å². The zero-order valence-electron chi connectivity index (χ0n) is 29.5. The van der Waals surface area contributed by atoms with E-state index in [-0.39, 0.29) is 60.7 Å². The number of halogens is 4. The zero-order valence-corrected chi connectivity index (χ0v) is 30.3. The van der Waals surface area contributed by atoms with E-state index < -0.39 is 41.9 Å². The van der Waals surface area contributed by atoms with E-state index in [1.165, 1.54) is 39.5 Å². The fourth-order valence-corrected chi connectivity index (χ4v) is 8.34. The lowest BCUT2D eigenvalue weighted by molar-refractivity contribution is -0.118. The molecular formula is C37H38F4N8O3S. The number of likely N-dealkylation sites (tertiary alicyclic amines) is 1. The first-order chi connectivity index (χ1) is 25.2. The molecule has 2 amide bonds. The van der Waals surface area contributed by atoms with Crippen LogP contribution in [0.15, 0.2) is 54.4 Å². The number of benzene rings is 2. The second kappa shape index (κ2) is 12.8. The van der Waals surface area contributed by atoms with E-state index in [1.807, 2.05) is 29.2 Å². The number of aryl methyl sites for hydroxylation is 1. The molecule has 3 aliphatic heterocycles. The molecular weight excluding hydrogens is 713 g/mol. The molecule has 53 heavy (non-hydrogen) atoms. The molecule has 1 unspecified atom stereocenters. The monoisotopic (exact) mass is 750 g/mol. The van der Waals surface area contributed by atoms with Crippen LogP contribution in [0.1, 0.15) is 55.8 Å². The van der Waals surface area contributed by atoms with E-state index in [0.29, 0.717) is 34.1 Å². The molecule has 1 N–H and O–H groups in total. The fraction of sp³-hybridized carbons (Fsp3) is 0.432. The number of ether oxygens (including phenoxy) is 1. The highest BCUT2D eigenvalue weighted by Crippen LogP contribution is 2.42. The fourth-order valence-electron chi connectivity index (χ4n) is 7.81. The highest BCUT2D eigenvalue weighted by molar-refractivity contribution is 7.13. The smallest absolute Gasteiger partial charge is 0.410 e.